The van der Waals surface area contributed by atoms with Crippen molar-refractivity contribution in [3.05, 3.63) is 32.4 Å². The molecular weight excluding hydrogens is 282 g/mol. The Kier molecular flexibility index (Phi) is 3.05. The lowest BCUT2D eigenvalue weighted by Crippen LogP contribution is -2.12. The zero-order valence-electron chi connectivity index (χ0n) is 7.49. The van der Waals surface area contributed by atoms with Crippen LogP contribution in [0.5, 0.6) is 0 Å². The molecule has 0 spiro atoms. The Bertz CT molecular complexity index is 286. The van der Waals surface area contributed by atoms with Gasteiger partial charge in [-0.25, -0.2) is 0 Å². The summed E-state index contributed by atoms with van der Waals surface area (Å²) in [7, 11) is 0. The van der Waals surface area contributed by atoms with Crippen LogP contribution in [0.4, 0.5) is 0 Å². The first-order chi connectivity index (χ1) is 5.41. The van der Waals surface area contributed by atoms with E-state index < -0.39 is 0 Å². The van der Waals surface area contributed by atoms with Crippen molar-refractivity contribution in [2.75, 3.05) is 0 Å². The summed E-state index contributed by atoms with van der Waals surface area (Å²) in [5.74, 6) is 0. The molecule has 0 aliphatic rings. The maximum Gasteiger partial charge on any atom is 0.0416 e. The molecule has 0 unspecified atom stereocenters. The smallest absolute Gasteiger partial charge is 0.0416 e. The quantitative estimate of drug-likeness (QED) is 0.628. The fraction of sp³-hybridized carbons (Fsp3) is 0.400. The highest BCUT2D eigenvalue weighted by atomic mass is 127. The van der Waals surface area contributed by atoms with Crippen LogP contribution in [0.2, 0.25) is 5.02 Å². The van der Waals surface area contributed by atoms with E-state index in [1.807, 2.05) is 12.1 Å². The summed E-state index contributed by atoms with van der Waals surface area (Å²) in [5, 5.41) is 0.812. The molecule has 0 fully saturated rings. The second-order valence-electron chi connectivity index (χ2n) is 3.87. The molecule has 0 bridgehead atoms. The van der Waals surface area contributed by atoms with Crippen molar-refractivity contribution in [3.63, 3.8) is 0 Å². The van der Waals surface area contributed by atoms with Crippen LogP contribution < -0.4 is 0 Å². The number of hydrogen-bond acceptors (Lipinski definition) is 0. The van der Waals surface area contributed by atoms with Gasteiger partial charge in [0.15, 0.2) is 0 Å². The van der Waals surface area contributed by atoms with Gasteiger partial charge in [-0.15, -0.1) is 0 Å². The Morgan fingerprint density at radius 2 is 1.83 bits per heavy atom. The van der Waals surface area contributed by atoms with Crippen molar-refractivity contribution >= 4 is 34.2 Å². The molecule has 66 valence electrons. The Morgan fingerprint density at radius 3 is 2.25 bits per heavy atom. The van der Waals surface area contributed by atoms with E-state index in [-0.39, 0.29) is 5.41 Å². The summed E-state index contributed by atoms with van der Waals surface area (Å²) in [6.45, 7) is 6.62. The van der Waals surface area contributed by atoms with Gasteiger partial charge in [-0.05, 0) is 45.7 Å². The molecule has 0 saturated carbocycles. The number of hydrogen-bond donors (Lipinski definition) is 0. The van der Waals surface area contributed by atoms with Crippen molar-refractivity contribution in [1.82, 2.24) is 0 Å². The fourth-order valence-corrected chi connectivity index (χ4v) is 2.78. The van der Waals surface area contributed by atoms with E-state index in [2.05, 4.69) is 49.4 Å². The third kappa shape index (κ3) is 2.36. The lowest BCUT2D eigenvalue weighted by Gasteiger charge is -2.20. The molecule has 12 heavy (non-hydrogen) atoms. The molecule has 0 aliphatic heterocycles. The minimum absolute atomic E-state index is 0.209. The highest BCUT2D eigenvalue weighted by Crippen LogP contribution is 2.28. The first-order valence-electron chi connectivity index (χ1n) is 3.87. The van der Waals surface area contributed by atoms with Crippen LogP contribution in [-0.4, -0.2) is 0 Å². The number of halogens is 2. The van der Waals surface area contributed by atoms with Gasteiger partial charge in [0.25, 0.3) is 0 Å². The SMILES string of the molecule is CC(C)(C)c1ccc(Cl)cc1I. The molecule has 1 rings (SSSR count). The molecule has 0 nitrogen and oxygen atoms in total. The molecule has 0 radical (unpaired) electrons. The molecule has 0 aromatic heterocycles. The summed E-state index contributed by atoms with van der Waals surface area (Å²) in [6.07, 6.45) is 0. The Morgan fingerprint density at radius 1 is 1.25 bits per heavy atom. The number of benzene rings is 1. The Labute approximate surface area is 92.5 Å². The summed E-state index contributed by atoms with van der Waals surface area (Å²) in [5.41, 5.74) is 1.56. The molecule has 0 amide bonds. The molecule has 0 saturated heterocycles. The number of rotatable bonds is 0. The van der Waals surface area contributed by atoms with Gasteiger partial charge in [-0.2, -0.15) is 0 Å². The standard InChI is InChI=1S/C10H12ClI/c1-10(2,3)8-5-4-7(11)6-9(8)12/h4-6H,1-3H3. The van der Waals surface area contributed by atoms with Gasteiger partial charge >= 0.3 is 0 Å². The van der Waals surface area contributed by atoms with Crippen molar-refractivity contribution in [1.29, 1.82) is 0 Å². The predicted molar refractivity (Wildman–Crippen MR) is 62.9 cm³/mol. The van der Waals surface area contributed by atoms with E-state index in [1.54, 1.807) is 0 Å². The molecule has 0 atom stereocenters. The summed E-state index contributed by atoms with van der Waals surface area (Å²) < 4.78 is 1.24. The van der Waals surface area contributed by atoms with Gasteiger partial charge < -0.3 is 0 Å². The topological polar surface area (TPSA) is 0 Å². The molecule has 0 heterocycles. The second-order valence-corrected chi connectivity index (χ2v) is 5.47. The average molecular weight is 295 g/mol. The van der Waals surface area contributed by atoms with E-state index in [9.17, 15) is 0 Å². The molecule has 0 N–H and O–H groups in total. The lowest BCUT2D eigenvalue weighted by atomic mass is 9.87. The maximum atomic E-state index is 5.86. The van der Waals surface area contributed by atoms with Crippen LogP contribution in [0.1, 0.15) is 26.3 Å². The van der Waals surface area contributed by atoms with Gasteiger partial charge in [-0.3, -0.25) is 0 Å². The van der Waals surface area contributed by atoms with Gasteiger partial charge in [0.2, 0.25) is 0 Å². The summed E-state index contributed by atoms with van der Waals surface area (Å²) >= 11 is 8.19. The van der Waals surface area contributed by atoms with Crippen molar-refractivity contribution in [2.24, 2.45) is 0 Å². The summed E-state index contributed by atoms with van der Waals surface area (Å²) in [6, 6.07) is 6.05. The highest BCUT2D eigenvalue weighted by molar-refractivity contribution is 14.1. The van der Waals surface area contributed by atoms with Crippen LogP contribution in [0.25, 0.3) is 0 Å². The highest BCUT2D eigenvalue weighted by Gasteiger charge is 2.16. The monoisotopic (exact) mass is 294 g/mol. The van der Waals surface area contributed by atoms with Gasteiger partial charge in [0, 0.05) is 8.59 Å². The average Bonchev–Trinajstić information content (AvgIpc) is 1.83. The maximum absolute atomic E-state index is 5.86. The Hall–Kier alpha value is 0.240. The van der Waals surface area contributed by atoms with Crippen LogP contribution in [0.15, 0.2) is 18.2 Å². The van der Waals surface area contributed by atoms with Crippen LogP contribution in [0.3, 0.4) is 0 Å². The van der Waals surface area contributed by atoms with Crippen LogP contribution in [0, 0.1) is 3.57 Å². The van der Waals surface area contributed by atoms with Gasteiger partial charge in [0.1, 0.15) is 0 Å². The lowest BCUT2D eigenvalue weighted by molar-refractivity contribution is 0.587. The van der Waals surface area contributed by atoms with Crippen molar-refractivity contribution < 1.29 is 0 Å². The van der Waals surface area contributed by atoms with E-state index in [4.69, 9.17) is 11.6 Å². The van der Waals surface area contributed by atoms with Crippen LogP contribution >= 0.6 is 34.2 Å². The molecular formula is C10H12ClI. The van der Waals surface area contributed by atoms with E-state index in [1.165, 1.54) is 9.13 Å². The molecule has 2 heteroatoms. The first-order valence-corrected chi connectivity index (χ1v) is 5.32. The largest absolute Gasteiger partial charge is 0.0843 e. The fourth-order valence-electron chi connectivity index (χ4n) is 1.10. The van der Waals surface area contributed by atoms with E-state index in [0.717, 1.165) is 5.02 Å². The van der Waals surface area contributed by atoms with Gasteiger partial charge in [0.05, 0.1) is 0 Å². The van der Waals surface area contributed by atoms with Crippen molar-refractivity contribution in [3.8, 4) is 0 Å². The zero-order valence-corrected chi connectivity index (χ0v) is 10.4. The third-order valence-corrected chi connectivity index (χ3v) is 2.87. The molecule has 1 aromatic rings. The van der Waals surface area contributed by atoms with Crippen LogP contribution in [-0.2, 0) is 5.41 Å². The molecule has 1 aromatic carbocycles. The molecule has 0 aliphatic carbocycles. The Balaban J connectivity index is 3.19. The van der Waals surface area contributed by atoms with E-state index >= 15 is 0 Å². The minimum Gasteiger partial charge on any atom is -0.0843 e. The normalized spacial score (nSPS) is 11.8. The second kappa shape index (κ2) is 3.54. The van der Waals surface area contributed by atoms with Gasteiger partial charge in [-0.1, -0.05) is 38.4 Å². The zero-order chi connectivity index (χ0) is 9.35. The van der Waals surface area contributed by atoms with E-state index in [0.29, 0.717) is 0 Å². The minimum atomic E-state index is 0.209. The predicted octanol–water partition coefficient (Wildman–Crippen LogP) is 4.24. The first kappa shape index (κ1) is 10.3. The summed E-state index contributed by atoms with van der Waals surface area (Å²) in [4.78, 5) is 0. The van der Waals surface area contributed by atoms with Crippen molar-refractivity contribution in [2.45, 2.75) is 26.2 Å². The third-order valence-electron chi connectivity index (χ3n) is 1.74.